The Morgan fingerprint density at radius 2 is 1.10 bits per heavy atom. The highest BCUT2D eigenvalue weighted by molar-refractivity contribution is 6.22. The number of halogens is 2. The molecule has 0 radical (unpaired) electrons. The van der Waals surface area contributed by atoms with E-state index in [0.29, 0.717) is 87.5 Å². The number of ketones is 2. The smallest absolute Gasteiger partial charge is 0.267 e. The lowest BCUT2D eigenvalue weighted by Gasteiger charge is -2.30. The number of Topliss-reactive ketones (excluding diaryl/α,β-unsaturated/α-hetero) is 2. The number of nitrogens with one attached hydrogen (secondary N) is 2. The Bertz CT molecular complexity index is 3170. The van der Waals surface area contributed by atoms with E-state index in [9.17, 15) is 23.6 Å². The Hall–Kier alpha value is -8.02. The first-order valence-corrected chi connectivity index (χ1v) is 22.7. The second-order valence-corrected chi connectivity index (χ2v) is 19.2. The Kier molecular flexibility index (Phi) is 10.8. The van der Waals surface area contributed by atoms with Gasteiger partial charge in [-0.3, -0.25) is 38.8 Å². The molecule has 16 nitrogen and oxygen atoms in total. The summed E-state index contributed by atoms with van der Waals surface area (Å²) in [6, 6.07) is 24.7. The molecule has 2 aromatic heterocycles. The van der Waals surface area contributed by atoms with E-state index < -0.39 is 22.7 Å². The maximum atomic E-state index is 15.5. The molecule has 0 atom stereocenters. The quantitative estimate of drug-likeness (QED) is 0.108. The summed E-state index contributed by atoms with van der Waals surface area (Å²) in [7, 11) is 3.36. The standard InChI is InChI=1S/C51H50F2N12O4/c1-29(66)32-12-8-30(9-13-32)25-65-43(41-45(59-65)63-28-51(4,5)57-49(63)61(7)47(41)69)55-37-21-22-38(53)34(24-37)16-23-39(67)33-14-10-31(11-15-33)26-64-42(54-36-19-17-35(52)18-20-36)40-44(58-64)62-27-50(2,3)56-48(62)60(6)46(40)68/h8-15,17-22,24,54-55H,16,23,25-28H2,1-7H3. The second-order valence-electron chi connectivity index (χ2n) is 19.2. The lowest BCUT2D eigenvalue weighted by atomic mass is 10.0. The van der Waals surface area contributed by atoms with E-state index >= 15 is 4.39 Å². The number of hydrogen-bond donors (Lipinski definition) is 2. The first-order valence-electron chi connectivity index (χ1n) is 22.7. The normalized spacial score (nSPS) is 16.5. The molecule has 18 heteroatoms. The average molecular weight is 933 g/mol. The van der Waals surface area contributed by atoms with Crippen LogP contribution in [-0.4, -0.2) is 103 Å². The van der Waals surface area contributed by atoms with Crippen LogP contribution in [0.3, 0.4) is 0 Å². The highest BCUT2D eigenvalue weighted by atomic mass is 19.1. The van der Waals surface area contributed by atoms with Crippen molar-refractivity contribution in [2.75, 3.05) is 47.6 Å². The van der Waals surface area contributed by atoms with Gasteiger partial charge in [0.15, 0.2) is 23.2 Å². The van der Waals surface area contributed by atoms with Gasteiger partial charge in [-0.2, -0.15) is 10.2 Å². The van der Waals surface area contributed by atoms with Gasteiger partial charge in [-0.25, -0.2) is 28.1 Å². The highest BCUT2D eigenvalue weighted by Gasteiger charge is 2.47. The minimum atomic E-state index is -0.478. The lowest BCUT2D eigenvalue weighted by Crippen LogP contribution is -2.48. The van der Waals surface area contributed by atoms with Crippen LogP contribution in [-0.2, 0) is 19.5 Å². The van der Waals surface area contributed by atoms with Gasteiger partial charge in [0.25, 0.3) is 11.8 Å². The minimum absolute atomic E-state index is 0.0166. The zero-order valence-corrected chi connectivity index (χ0v) is 39.3. The minimum Gasteiger partial charge on any atom is -0.340 e. The molecule has 69 heavy (non-hydrogen) atoms. The molecule has 10 rings (SSSR count). The number of carbonyl (C=O) groups excluding carboxylic acids is 4. The third kappa shape index (κ3) is 8.29. The molecule has 6 aromatic rings. The molecule has 0 spiro atoms. The third-order valence-electron chi connectivity index (χ3n) is 12.7. The molecule has 0 bridgehead atoms. The number of aromatic nitrogens is 4. The van der Waals surface area contributed by atoms with E-state index in [1.54, 1.807) is 72.0 Å². The predicted molar refractivity (Wildman–Crippen MR) is 259 cm³/mol. The van der Waals surface area contributed by atoms with Crippen molar-refractivity contribution in [3.8, 4) is 0 Å². The monoisotopic (exact) mass is 932 g/mol. The van der Waals surface area contributed by atoms with Crippen molar-refractivity contribution >= 4 is 69.9 Å². The largest absolute Gasteiger partial charge is 0.340 e. The summed E-state index contributed by atoms with van der Waals surface area (Å²) in [6.45, 7) is 11.0. The summed E-state index contributed by atoms with van der Waals surface area (Å²) in [4.78, 5) is 70.1. The van der Waals surface area contributed by atoms with Crippen molar-refractivity contribution in [2.45, 2.75) is 71.6 Å². The maximum Gasteiger partial charge on any atom is 0.267 e. The Morgan fingerprint density at radius 3 is 1.59 bits per heavy atom. The Labute approximate surface area is 396 Å². The topological polar surface area (TPSA) is 166 Å². The van der Waals surface area contributed by atoms with Crippen molar-refractivity contribution in [1.82, 2.24) is 29.4 Å². The number of amides is 2. The van der Waals surface area contributed by atoms with Gasteiger partial charge in [-0.15, -0.1) is 0 Å². The van der Waals surface area contributed by atoms with Crippen LogP contribution in [0.15, 0.2) is 101 Å². The van der Waals surface area contributed by atoms with Gasteiger partial charge in [-0.05, 0) is 100 Å². The van der Waals surface area contributed by atoms with Crippen LogP contribution in [0.1, 0.15) is 99.2 Å². The summed E-state index contributed by atoms with van der Waals surface area (Å²) in [6.07, 6.45) is 0.118. The molecule has 2 N–H and O–H groups in total. The van der Waals surface area contributed by atoms with E-state index in [-0.39, 0.29) is 49.3 Å². The molecular weight excluding hydrogens is 883 g/mol. The van der Waals surface area contributed by atoms with E-state index in [0.717, 1.165) is 11.1 Å². The van der Waals surface area contributed by atoms with Crippen LogP contribution in [0.25, 0.3) is 0 Å². The van der Waals surface area contributed by atoms with Crippen molar-refractivity contribution < 1.29 is 28.0 Å². The zero-order valence-electron chi connectivity index (χ0n) is 39.3. The summed E-state index contributed by atoms with van der Waals surface area (Å²) in [5.74, 6) is 1.09. The summed E-state index contributed by atoms with van der Waals surface area (Å²) in [5.41, 5.74) is 3.83. The molecule has 0 aliphatic carbocycles. The van der Waals surface area contributed by atoms with Gasteiger partial charge in [0.2, 0.25) is 11.9 Å². The van der Waals surface area contributed by atoms with Gasteiger partial charge in [0.05, 0.1) is 37.3 Å². The molecule has 2 amide bonds. The van der Waals surface area contributed by atoms with Crippen LogP contribution in [0, 0.1) is 11.6 Å². The lowest BCUT2D eigenvalue weighted by molar-refractivity contribution is 0.0858. The van der Waals surface area contributed by atoms with Gasteiger partial charge in [0.1, 0.15) is 34.4 Å². The van der Waals surface area contributed by atoms with Gasteiger partial charge < -0.3 is 10.6 Å². The molecule has 4 aliphatic heterocycles. The Balaban J connectivity index is 0.878. The number of carbonyl (C=O) groups is 4. The van der Waals surface area contributed by atoms with Crippen molar-refractivity contribution in [1.29, 1.82) is 0 Å². The highest BCUT2D eigenvalue weighted by Crippen LogP contribution is 2.41. The van der Waals surface area contributed by atoms with Crippen LogP contribution >= 0.6 is 0 Å². The number of hydrogen-bond acceptors (Lipinski definition) is 12. The first kappa shape index (κ1) is 44.8. The van der Waals surface area contributed by atoms with Crippen molar-refractivity contribution in [3.63, 3.8) is 0 Å². The van der Waals surface area contributed by atoms with E-state index in [1.165, 1.54) is 34.9 Å². The summed E-state index contributed by atoms with van der Waals surface area (Å²) < 4.78 is 32.8. The van der Waals surface area contributed by atoms with E-state index in [4.69, 9.17) is 20.2 Å². The molecule has 352 valence electrons. The zero-order chi connectivity index (χ0) is 48.7. The predicted octanol–water partition coefficient (Wildman–Crippen LogP) is 8.04. The SMILES string of the molecule is CC(=O)c1ccc(Cn2nc3c(c2Nc2ccc(F)c(CCC(=O)c4ccc(Cn5nc6c(c5Nc5ccc(F)cc5)C(=O)N(C)C5=NC(C)(C)CN56)cc4)c2)C(=O)N(C)C2=NC(C)(C)CN23)cc1. The number of rotatable bonds is 13. The van der Waals surface area contributed by atoms with Crippen LogP contribution in [0.4, 0.5) is 43.4 Å². The van der Waals surface area contributed by atoms with Crippen LogP contribution in [0.2, 0.25) is 0 Å². The van der Waals surface area contributed by atoms with Crippen molar-refractivity contribution in [3.05, 3.63) is 142 Å². The van der Waals surface area contributed by atoms with E-state index in [1.807, 2.05) is 61.8 Å². The maximum absolute atomic E-state index is 15.5. The molecule has 0 unspecified atom stereocenters. The van der Waals surface area contributed by atoms with Crippen molar-refractivity contribution in [2.24, 2.45) is 9.98 Å². The summed E-state index contributed by atoms with van der Waals surface area (Å²) in [5, 5.41) is 16.5. The number of guanidine groups is 2. The fourth-order valence-corrected chi connectivity index (χ4v) is 9.20. The molecule has 4 aliphatic rings. The molecule has 0 fully saturated rings. The number of fused-ring (bicyclic) bond motifs is 6. The number of aliphatic imine (C=N–C) groups is 2. The Morgan fingerprint density at radius 1 is 0.638 bits per heavy atom. The fourth-order valence-electron chi connectivity index (χ4n) is 9.20. The molecule has 6 heterocycles. The number of nitrogens with zero attached hydrogens (tertiary/aromatic N) is 10. The molecule has 0 saturated carbocycles. The van der Waals surface area contributed by atoms with Gasteiger partial charge >= 0.3 is 0 Å². The number of anilines is 6. The fraction of sp³-hybridized carbons (Fsp3) is 0.294. The van der Waals surface area contributed by atoms with Crippen LogP contribution < -0.4 is 20.4 Å². The first-order chi connectivity index (χ1) is 32.8. The third-order valence-corrected chi connectivity index (χ3v) is 12.7. The number of aryl methyl sites for hydroxylation is 1. The van der Waals surface area contributed by atoms with Gasteiger partial charge in [-0.1, -0.05) is 48.5 Å². The van der Waals surface area contributed by atoms with Gasteiger partial charge in [0, 0.05) is 43.0 Å². The second kappa shape index (κ2) is 16.6. The molecular formula is C51H50F2N12O4. The van der Waals surface area contributed by atoms with Crippen LogP contribution in [0.5, 0.6) is 0 Å². The average Bonchev–Trinajstić information content (AvgIpc) is 4.05. The number of benzene rings is 4. The van der Waals surface area contributed by atoms with E-state index in [2.05, 4.69) is 10.6 Å². The molecule has 0 saturated heterocycles. The molecule has 4 aromatic carbocycles. The summed E-state index contributed by atoms with van der Waals surface area (Å²) >= 11 is 0.